The Balaban J connectivity index is 1.91. The molecular weight excluding hydrogens is 288 g/mol. The van der Waals surface area contributed by atoms with E-state index in [0.717, 1.165) is 11.2 Å². The van der Waals surface area contributed by atoms with Crippen LogP contribution in [-0.2, 0) is 11.0 Å². The lowest BCUT2D eigenvalue weighted by molar-refractivity contribution is 0.295. The highest BCUT2D eigenvalue weighted by molar-refractivity contribution is 6.71. The van der Waals surface area contributed by atoms with Crippen molar-refractivity contribution in [1.82, 2.24) is 0 Å². The minimum absolute atomic E-state index is 0.684. The van der Waals surface area contributed by atoms with E-state index >= 15 is 0 Å². The van der Waals surface area contributed by atoms with E-state index in [1.165, 1.54) is 35.2 Å². The van der Waals surface area contributed by atoms with E-state index in [0.29, 0.717) is 6.61 Å². The minimum Gasteiger partial charge on any atom is -0.456 e. The van der Waals surface area contributed by atoms with Gasteiger partial charge < -0.3 is 8.84 Å². The van der Waals surface area contributed by atoms with Gasteiger partial charge in [-0.25, -0.2) is 0 Å². The van der Waals surface area contributed by atoms with Crippen LogP contribution in [0.1, 0.15) is 25.3 Å². The second-order valence-electron chi connectivity index (χ2n) is 6.54. The number of rotatable bonds is 6. The third kappa shape index (κ3) is 3.11. The molecule has 0 saturated carbocycles. The number of hydrogen-bond acceptors (Lipinski definition) is 2. The molecule has 3 heteroatoms. The van der Waals surface area contributed by atoms with Crippen molar-refractivity contribution in [3.05, 3.63) is 48.0 Å². The molecule has 2 aromatic carbocycles. The van der Waals surface area contributed by atoms with E-state index in [4.69, 9.17) is 8.84 Å². The molecule has 0 atom stereocenters. The summed E-state index contributed by atoms with van der Waals surface area (Å²) in [6.07, 6.45) is 2.50. The van der Waals surface area contributed by atoms with E-state index in [9.17, 15) is 0 Å². The molecule has 22 heavy (non-hydrogen) atoms. The first-order valence-electron chi connectivity index (χ1n) is 8.14. The van der Waals surface area contributed by atoms with Gasteiger partial charge in [0.1, 0.15) is 11.2 Å². The van der Waals surface area contributed by atoms with E-state index < -0.39 is 8.32 Å². The Hall–Kier alpha value is -1.58. The fourth-order valence-electron chi connectivity index (χ4n) is 2.92. The summed E-state index contributed by atoms with van der Waals surface area (Å²) in [5, 5.41) is 2.39. The zero-order valence-electron chi connectivity index (χ0n) is 13.7. The van der Waals surface area contributed by atoms with Crippen molar-refractivity contribution in [3.8, 4) is 0 Å². The molecule has 2 nitrogen and oxygen atoms in total. The largest absolute Gasteiger partial charge is 0.456 e. The molecule has 0 aliphatic rings. The monoisotopic (exact) mass is 312 g/mol. The Labute approximate surface area is 133 Å². The summed E-state index contributed by atoms with van der Waals surface area (Å²) in [5.41, 5.74) is 3.14. The molecule has 116 valence electrons. The predicted molar refractivity (Wildman–Crippen MR) is 95.7 cm³/mol. The molecule has 0 radical (unpaired) electrons. The Kier molecular flexibility index (Phi) is 4.36. The first kappa shape index (κ1) is 15.3. The zero-order valence-corrected chi connectivity index (χ0v) is 14.7. The highest BCUT2D eigenvalue weighted by Gasteiger charge is 2.22. The topological polar surface area (TPSA) is 22.4 Å². The SMILES string of the molecule is CCCC[Si](C)(C)OCc1cccc2oc3ccccc3c12. The second-order valence-corrected chi connectivity index (χ2v) is 10.8. The molecule has 0 fully saturated rings. The van der Waals surface area contributed by atoms with Crippen molar-refractivity contribution in [3.63, 3.8) is 0 Å². The summed E-state index contributed by atoms with van der Waals surface area (Å²) in [6.45, 7) is 7.55. The van der Waals surface area contributed by atoms with E-state index in [1.807, 2.05) is 18.2 Å². The maximum atomic E-state index is 6.34. The van der Waals surface area contributed by atoms with Gasteiger partial charge in [-0.05, 0) is 36.8 Å². The highest BCUT2D eigenvalue weighted by atomic mass is 28.4. The Morgan fingerprint density at radius 1 is 1.00 bits per heavy atom. The standard InChI is InChI=1S/C19H24O2Si/c1-4-5-13-22(2,3)20-14-15-9-8-12-18-19(15)16-10-6-7-11-17(16)21-18/h6-12H,4-5,13-14H2,1-3H3. The first-order valence-corrected chi connectivity index (χ1v) is 11.3. The van der Waals surface area contributed by atoms with Gasteiger partial charge in [-0.3, -0.25) is 0 Å². The molecule has 3 aromatic rings. The molecule has 1 heterocycles. The van der Waals surface area contributed by atoms with Crippen molar-refractivity contribution in [2.45, 2.75) is 45.5 Å². The molecule has 0 bridgehead atoms. The van der Waals surface area contributed by atoms with Crippen LogP contribution >= 0.6 is 0 Å². The molecule has 3 rings (SSSR count). The zero-order chi connectivity index (χ0) is 15.6. The maximum Gasteiger partial charge on any atom is 0.187 e. The lowest BCUT2D eigenvalue weighted by atomic mass is 10.1. The van der Waals surface area contributed by atoms with Crippen LogP contribution in [0.2, 0.25) is 19.1 Å². The van der Waals surface area contributed by atoms with Gasteiger partial charge in [0, 0.05) is 10.8 Å². The van der Waals surface area contributed by atoms with E-state index in [2.05, 4.69) is 44.3 Å². The summed E-state index contributed by atoms with van der Waals surface area (Å²) < 4.78 is 12.3. The van der Waals surface area contributed by atoms with Gasteiger partial charge in [0.2, 0.25) is 0 Å². The molecule has 0 N–H and O–H groups in total. The van der Waals surface area contributed by atoms with Crippen LogP contribution in [0.25, 0.3) is 21.9 Å². The van der Waals surface area contributed by atoms with Crippen LogP contribution in [0.3, 0.4) is 0 Å². The van der Waals surface area contributed by atoms with Crippen LogP contribution in [-0.4, -0.2) is 8.32 Å². The van der Waals surface area contributed by atoms with Gasteiger partial charge in [-0.1, -0.05) is 50.1 Å². The third-order valence-electron chi connectivity index (χ3n) is 4.24. The van der Waals surface area contributed by atoms with Crippen molar-refractivity contribution < 1.29 is 8.84 Å². The molecule has 1 aromatic heterocycles. The molecule has 0 saturated heterocycles. The molecule has 0 aliphatic carbocycles. The fraction of sp³-hybridized carbons (Fsp3) is 0.368. The summed E-state index contributed by atoms with van der Waals surface area (Å²) in [4.78, 5) is 0. The quantitative estimate of drug-likeness (QED) is 0.512. The normalized spacial score (nSPS) is 12.3. The smallest absolute Gasteiger partial charge is 0.187 e. The maximum absolute atomic E-state index is 6.34. The van der Waals surface area contributed by atoms with Crippen molar-refractivity contribution >= 4 is 30.3 Å². The third-order valence-corrected chi connectivity index (χ3v) is 6.72. The summed E-state index contributed by atoms with van der Waals surface area (Å²) in [7, 11) is -1.57. The number of furan rings is 1. The van der Waals surface area contributed by atoms with Gasteiger partial charge in [-0.15, -0.1) is 0 Å². The second kappa shape index (κ2) is 6.27. The van der Waals surface area contributed by atoms with Crippen molar-refractivity contribution in [2.24, 2.45) is 0 Å². The lowest BCUT2D eigenvalue weighted by Gasteiger charge is -2.23. The van der Waals surface area contributed by atoms with Gasteiger partial charge >= 0.3 is 0 Å². The summed E-state index contributed by atoms with van der Waals surface area (Å²) >= 11 is 0. The van der Waals surface area contributed by atoms with Crippen LogP contribution in [0, 0.1) is 0 Å². The van der Waals surface area contributed by atoms with Crippen LogP contribution < -0.4 is 0 Å². The molecule has 0 unspecified atom stereocenters. The van der Waals surface area contributed by atoms with Gasteiger partial charge in [0.15, 0.2) is 8.32 Å². The molecule has 0 aliphatic heterocycles. The Morgan fingerprint density at radius 3 is 2.59 bits per heavy atom. The van der Waals surface area contributed by atoms with Gasteiger partial charge in [-0.2, -0.15) is 0 Å². The van der Waals surface area contributed by atoms with Crippen LogP contribution in [0.5, 0.6) is 0 Å². The fourth-order valence-corrected chi connectivity index (χ4v) is 4.81. The lowest BCUT2D eigenvalue weighted by Crippen LogP contribution is -2.29. The van der Waals surface area contributed by atoms with Crippen LogP contribution in [0.4, 0.5) is 0 Å². The molecular formula is C19H24O2Si. The average molecular weight is 312 g/mol. The number of unbranched alkanes of at least 4 members (excludes halogenated alkanes) is 1. The molecule has 0 amide bonds. The Morgan fingerprint density at radius 2 is 1.77 bits per heavy atom. The first-order chi connectivity index (χ1) is 10.6. The number of para-hydroxylation sites is 1. The summed E-state index contributed by atoms with van der Waals surface area (Å²) in [6, 6.07) is 15.7. The number of fused-ring (bicyclic) bond motifs is 3. The predicted octanol–water partition coefficient (Wildman–Crippen LogP) is 6.11. The van der Waals surface area contributed by atoms with Crippen LogP contribution in [0.15, 0.2) is 46.9 Å². The van der Waals surface area contributed by atoms with Crippen molar-refractivity contribution in [1.29, 1.82) is 0 Å². The van der Waals surface area contributed by atoms with Gasteiger partial charge in [0.25, 0.3) is 0 Å². The van der Waals surface area contributed by atoms with E-state index in [-0.39, 0.29) is 0 Å². The number of benzene rings is 2. The summed E-state index contributed by atoms with van der Waals surface area (Å²) in [5.74, 6) is 0. The highest BCUT2D eigenvalue weighted by Crippen LogP contribution is 2.32. The van der Waals surface area contributed by atoms with Crippen molar-refractivity contribution in [2.75, 3.05) is 0 Å². The molecule has 0 spiro atoms. The van der Waals surface area contributed by atoms with E-state index in [1.54, 1.807) is 0 Å². The van der Waals surface area contributed by atoms with Gasteiger partial charge in [0.05, 0.1) is 6.61 Å². The average Bonchev–Trinajstić information content (AvgIpc) is 2.90. The number of hydrogen-bond donors (Lipinski definition) is 0. The Bertz CT molecular complexity index is 773. The minimum atomic E-state index is -1.57.